The molecule has 0 saturated heterocycles. The predicted molar refractivity (Wildman–Crippen MR) is 52.4 cm³/mol. The first kappa shape index (κ1) is 9.86. The molecule has 0 saturated carbocycles. The van der Waals surface area contributed by atoms with Crippen LogP contribution in [0.15, 0.2) is 18.2 Å². The number of hydrogen-bond acceptors (Lipinski definition) is 3. The van der Waals surface area contributed by atoms with Crippen LogP contribution in [0.4, 0.5) is 5.69 Å². The molecule has 1 aromatic carbocycles. The van der Waals surface area contributed by atoms with Gasteiger partial charge in [0.15, 0.2) is 0 Å². The molecule has 0 aliphatic rings. The standard InChI is InChI=1S/C10H15NO2/c1-7(2)13-6-8-3-4-10(12)9(11)5-8/h3-5,7,12H,6,11H2,1-2H3. The summed E-state index contributed by atoms with van der Waals surface area (Å²) in [5, 5.41) is 9.16. The highest BCUT2D eigenvalue weighted by atomic mass is 16.5. The van der Waals surface area contributed by atoms with Crippen LogP contribution in [0.1, 0.15) is 19.4 Å². The second-order valence-electron chi connectivity index (χ2n) is 3.25. The lowest BCUT2D eigenvalue weighted by Gasteiger charge is -2.08. The molecule has 0 heterocycles. The van der Waals surface area contributed by atoms with Gasteiger partial charge in [-0.25, -0.2) is 0 Å². The number of anilines is 1. The number of phenolic OH excluding ortho intramolecular Hbond substituents is 1. The molecule has 3 N–H and O–H groups in total. The van der Waals surface area contributed by atoms with Crippen LogP contribution >= 0.6 is 0 Å². The molecular formula is C10H15NO2. The van der Waals surface area contributed by atoms with E-state index in [1.54, 1.807) is 18.2 Å². The molecule has 0 atom stereocenters. The first-order valence-corrected chi connectivity index (χ1v) is 4.28. The second-order valence-corrected chi connectivity index (χ2v) is 3.25. The highest BCUT2D eigenvalue weighted by Gasteiger charge is 2.00. The molecule has 0 bridgehead atoms. The van der Waals surface area contributed by atoms with Gasteiger partial charge in [-0.3, -0.25) is 0 Å². The Balaban J connectivity index is 2.63. The van der Waals surface area contributed by atoms with Crippen LogP contribution in [0.2, 0.25) is 0 Å². The average Bonchev–Trinajstić information content (AvgIpc) is 2.07. The minimum Gasteiger partial charge on any atom is -0.506 e. The van der Waals surface area contributed by atoms with Crippen molar-refractivity contribution >= 4 is 5.69 Å². The Bertz CT molecular complexity index is 284. The Kier molecular flexibility index (Phi) is 3.14. The van der Waals surface area contributed by atoms with Crippen LogP contribution in [0.5, 0.6) is 5.75 Å². The lowest BCUT2D eigenvalue weighted by Crippen LogP contribution is -2.02. The molecule has 1 rings (SSSR count). The van der Waals surface area contributed by atoms with Crippen molar-refractivity contribution in [3.8, 4) is 5.75 Å². The van der Waals surface area contributed by atoms with E-state index in [1.165, 1.54) is 0 Å². The van der Waals surface area contributed by atoms with Crippen molar-refractivity contribution in [1.29, 1.82) is 0 Å². The van der Waals surface area contributed by atoms with Crippen LogP contribution in [0.25, 0.3) is 0 Å². The SMILES string of the molecule is CC(C)OCc1ccc(O)c(N)c1. The zero-order chi connectivity index (χ0) is 9.84. The molecule has 1 aromatic rings. The first-order valence-electron chi connectivity index (χ1n) is 4.28. The number of phenols is 1. The number of ether oxygens (including phenoxy) is 1. The average molecular weight is 181 g/mol. The van der Waals surface area contributed by atoms with Crippen molar-refractivity contribution in [3.63, 3.8) is 0 Å². The number of aromatic hydroxyl groups is 1. The molecule has 0 aliphatic heterocycles. The minimum absolute atomic E-state index is 0.119. The van der Waals surface area contributed by atoms with E-state index in [2.05, 4.69) is 0 Å². The van der Waals surface area contributed by atoms with Crippen LogP contribution in [-0.4, -0.2) is 11.2 Å². The van der Waals surface area contributed by atoms with E-state index in [1.807, 2.05) is 13.8 Å². The molecule has 0 aromatic heterocycles. The van der Waals surface area contributed by atoms with E-state index in [-0.39, 0.29) is 11.9 Å². The molecule has 0 aliphatic carbocycles. The summed E-state index contributed by atoms with van der Waals surface area (Å²) >= 11 is 0. The smallest absolute Gasteiger partial charge is 0.138 e. The minimum atomic E-state index is 0.119. The fraction of sp³-hybridized carbons (Fsp3) is 0.400. The van der Waals surface area contributed by atoms with Crippen molar-refractivity contribution in [2.24, 2.45) is 0 Å². The maximum atomic E-state index is 9.16. The van der Waals surface area contributed by atoms with Gasteiger partial charge in [0, 0.05) is 0 Å². The van der Waals surface area contributed by atoms with Gasteiger partial charge in [0.2, 0.25) is 0 Å². The van der Waals surface area contributed by atoms with Gasteiger partial charge in [0.1, 0.15) is 5.75 Å². The third kappa shape index (κ3) is 2.95. The van der Waals surface area contributed by atoms with Gasteiger partial charge >= 0.3 is 0 Å². The molecule has 72 valence electrons. The molecule has 0 fully saturated rings. The van der Waals surface area contributed by atoms with Gasteiger partial charge < -0.3 is 15.6 Å². The summed E-state index contributed by atoms with van der Waals surface area (Å²) in [5.74, 6) is 0.119. The van der Waals surface area contributed by atoms with Gasteiger partial charge in [-0.1, -0.05) is 6.07 Å². The maximum absolute atomic E-state index is 9.16. The summed E-state index contributed by atoms with van der Waals surface area (Å²) in [6, 6.07) is 5.10. The maximum Gasteiger partial charge on any atom is 0.138 e. The lowest BCUT2D eigenvalue weighted by atomic mass is 10.2. The summed E-state index contributed by atoms with van der Waals surface area (Å²) in [5.41, 5.74) is 6.89. The number of nitrogen functional groups attached to an aromatic ring is 1. The third-order valence-electron chi connectivity index (χ3n) is 1.68. The summed E-state index contributed by atoms with van der Waals surface area (Å²) in [4.78, 5) is 0. The van der Waals surface area contributed by atoms with E-state index in [0.717, 1.165) is 5.56 Å². The van der Waals surface area contributed by atoms with E-state index < -0.39 is 0 Å². The van der Waals surface area contributed by atoms with Crippen molar-refractivity contribution < 1.29 is 9.84 Å². The van der Waals surface area contributed by atoms with Crippen LogP contribution < -0.4 is 5.73 Å². The fourth-order valence-electron chi connectivity index (χ4n) is 0.957. The molecule has 0 amide bonds. The zero-order valence-corrected chi connectivity index (χ0v) is 7.95. The summed E-state index contributed by atoms with van der Waals surface area (Å²) in [7, 11) is 0. The van der Waals surface area contributed by atoms with Gasteiger partial charge in [-0.15, -0.1) is 0 Å². The van der Waals surface area contributed by atoms with E-state index in [0.29, 0.717) is 12.3 Å². The Hall–Kier alpha value is -1.22. The van der Waals surface area contributed by atoms with Crippen LogP contribution in [0.3, 0.4) is 0 Å². The highest BCUT2D eigenvalue weighted by molar-refractivity contribution is 5.53. The Morgan fingerprint density at radius 1 is 1.46 bits per heavy atom. The number of nitrogens with two attached hydrogens (primary N) is 1. The second kappa shape index (κ2) is 4.14. The van der Waals surface area contributed by atoms with E-state index >= 15 is 0 Å². The largest absolute Gasteiger partial charge is 0.506 e. The molecule has 3 heteroatoms. The molecule has 3 nitrogen and oxygen atoms in total. The Morgan fingerprint density at radius 3 is 2.69 bits per heavy atom. The summed E-state index contributed by atoms with van der Waals surface area (Å²) in [6.45, 7) is 4.48. The predicted octanol–water partition coefficient (Wildman–Crippen LogP) is 1.90. The molecular weight excluding hydrogens is 166 g/mol. The number of rotatable bonds is 3. The van der Waals surface area contributed by atoms with Gasteiger partial charge in [-0.2, -0.15) is 0 Å². The van der Waals surface area contributed by atoms with Crippen LogP contribution in [0, 0.1) is 0 Å². The number of hydrogen-bond donors (Lipinski definition) is 2. The van der Waals surface area contributed by atoms with Gasteiger partial charge in [0.05, 0.1) is 18.4 Å². The van der Waals surface area contributed by atoms with Gasteiger partial charge in [-0.05, 0) is 31.5 Å². The topological polar surface area (TPSA) is 55.5 Å². The monoisotopic (exact) mass is 181 g/mol. The van der Waals surface area contributed by atoms with E-state index in [4.69, 9.17) is 15.6 Å². The summed E-state index contributed by atoms with van der Waals surface area (Å²) in [6.07, 6.45) is 0.204. The fourth-order valence-corrected chi connectivity index (χ4v) is 0.957. The zero-order valence-electron chi connectivity index (χ0n) is 7.95. The highest BCUT2D eigenvalue weighted by Crippen LogP contribution is 2.20. The number of benzene rings is 1. The van der Waals surface area contributed by atoms with Gasteiger partial charge in [0.25, 0.3) is 0 Å². The molecule has 13 heavy (non-hydrogen) atoms. The lowest BCUT2D eigenvalue weighted by molar-refractivity contribution is 0.0657. The van der Waals surface area contributed by atoms with E-state index in [9.17, 15) is 0 Å². The Labute approximate surface area is 78.1 Å². The first-order chi connectivity index (χ1) is 6.09. The Morgan fingerprint density at radius 2 is 2.15 bits per heavy atom. The van der Waals surface area contributed by atoms with Crippen molar-refractivity contribution in [3.05, 3.63) is 23.8 Å². The molecule has 0 unspecified atom stereocenters. The van der Waals surface area contributed by atoms with Crippen molar-refractivity contribution in [1.82, 2.24) is 0 Å². The quantitative estimate of drug-likeness (QED) is 0.553. The van der Waals surface area contributed by atoms with Crippen molar-refractivity contribution in [2.75, 3.05) is 5.73 Å². The normalized spacial score (nSPS) is 10.7. The third-order valence-corrected chi connectivity index (χ3v) is 1.68. The molecule has 0 spiro atoms. The molecule has 0 radical (unpaired) electrons. The summed E-state index contributed by atoms with van der Waals surface area (Å²) < 4.78 is 5.39. The van der Waals surface area contributed by atoms with Crippen LogP contribution in [-0.2, 0) is 11.3 Å². The van der Waals surface area contributed by atoms with Crippen molar-refractivity contribution in [2.45, 2.75) is 26.6 Å².